The van der Waals surface area contributed by atoms with E-state index >= 15 is 0 Å². The summed E-state index contributed by atoms with van der Waals surface area (Å²) in [6, 6.07) is 5.72. The number of rotatable bonds is 2. The van der Waals surface area contributed by atoms with Crippen LogP contribution in [0.1, 0.15) is 29.3 Å². The van der Waals surface area contributed by atoms with Gasteiger partial charge in [0.1, 0.15) is 11.6 Å². The molecule has 1 aliphatic carbocycles. The maximum atomic E-state index is 14.1. The Morgan fingerprint density at radius 2 is 2.29 bits per heavy atom. The van der Waals surface area contributed by atoms with Crippen molar-refractivity contribution < 1.29 is 8.78 Å². The molecular weight excluding hydrogens is 292 g/mol. The highest BCUT2D eigenvalue weighted by Gasteiger charge is 2.63. The minimum atomic E-state index is -0.426. The molecule has 2 aromatic rings. The molecule has 1 N–H and O–H groups in total. The number of hydrogen-bond acceptors (Lipinski definition) is 2. The third-order valence-corrected chi connectivity index (χ3v) is 4.99. The van der Waals surface area contributed by atoms with Gasteiger partial charge in [-0.25, -0.2) is 8.78 Å². The van der Waals surface area contributed by atoms with Gasteiger partial charge < -0.3 is 9.55 Å². The first kappa shape index (κ1) is 12.7. The van der Waals surface area contributed by atoms with E-state index in [4.69, 9.17) is 17.5 Å². The average Bonchev–Trinajstić information content (AvgIpc) is 2.94. The van der Waals surface area contributed by atoms with Crippen LogP contribution < -0.4 is 0 Å². The molecule has 0 unspecified atom stereocenters. The zero-order valence-electron chi connectivity index (χ0n) is 11.0. The molecule has 2 aliphatic rings. The van der Waals surface area contributed by atoms with Crippen molar-refractivity contribution in [2.75, 3.05) is 0 Å². The van der Waals surface area contributed by atoms with E-state index in [9.17, 15) is 8.78 Å². The second kappa shape index (κ2) is 4.01. The van der Waals surface area contributed by atoms with Crippen LogP contribution in [-0.2, 0) is 18.4 Å². The molecule has 21 heavy (non-hydrogen) atoms. The summed E-state index contributed by atoms with van der Waals surface area (Å²) in [7, 11) is 0. The maximum absolute atomic E-state index is 14.1. The summed E-state index contributed by atoms with van der Waals surface area (Å²) >= 11 is 5.28. The second-order valence-corrected chi connectivity index (χ2v) is 6.14. The van der Waals surface area contributed by atoms with Crippen LogP contribution in [-0.4, -0.2) is 9.55 Å². The fourth-order valence-electron chi connectivity index (χ4n) is 3.68. The molecule has 3 nitrogen and oxygen atoms in total. The van der Waals surface area contributed by atoms with Crippen LogP contribution >= 0.6 is 12.2 Å². The lowest BCUT2D eigenvalue weighted by molar-refractivity contribution is 0.520. The highest BCUT2D eigenvalue weighted by molar-refractivity contribution is 7.71. The first-order chi connectivity index (χ1) is 10.1. The monoisotopic (exact) mass is 303 g/mol. The number of nitrogens with zero attached hydrogens (tertiary/aromatic N) is 2. The first-order valence-electron chi connectivity index (χ1n) is 6.71. The van der Waals surface area contributed by atoms with E-state index in [2.05, 4.69) is 11.1 Å². The van der Waals surface area contributed by atoms with Crippen molar-refractivity contribution in [2.24, 2.45) is 0 Å². The van der Waals surface area contributed by atoms with Gasteiger partial charge in [-0.15, -0.1) is 0 Å². The van der Waals surface area contributed by atoms with E-state index in [-0.39, 0.29) is 18.2 Å². The Balaban J connectivity index is 1.83. The minimum absolute atomic E-state index is 0.116. The van der Waals surface area contributed by atoms with Gasteiger partial charge >= 0.3 is 0 Å². The maximum Gasteiger partial charge on any atom is 0.177 e. The van der Waals surface area contributed by atoms with Crippen LogP contribution in [0, 0.1) is 27.7 Å². The molecule has 0 amide bonds. The van der Waals surface area contributed by atoms with Gasteiger partial charge in [0.2, 0.25) is 0 Å². The SMILES string of the molecule is N#CCc1[nH]c(=S)n2c1[C@@H]1C[C@]1(c1cc(F)ccc1F)C2. The normalized spacial score (nSPS) is 25.3. The molecule has 6 heteroatoms. The van der Waals surface area contributed by atoms with Crippen LogP contribution in [0.4, 0.5) is 8.78 Å². The summed E-state index contributed by atoms with van der Waals surface area (Å²) in [6.07, 6.45) is 1.03. The summed E-state index contributed by atoms with van der Waals surface area (Å²) in [6.45, 7) is 0.550. The second-order valence-electron chi connectivity index (χ2n) is 5.75. The van der Waals surface area contributed by atoms with Crippen LogP contribution in [0.3, 0.4) is 0 Å². The van der Waals surface area contributed by atoms with Crippen molar-refractivity contribution in [3.8, 4) is 6.07 Å². The number of nitriles is 1. The topological polar surface area (TPSA) is 44.5 Å². The van der Waals surface area contributed by atoms with E-state index in [1.165, 1.54) is 12.1 Å². The molecule has 2 atom stereocenters. The van der Waals surface area contributed by atoms with Crippen molar-refractivity contribution in [3.05, 3.63) is 51.6 Å². The Kier molecular flexibility index (Phi) is 2.43. The zero-order chi connectivity index (χ0) is 14.8. The standard InChI is InChI=1S/C15H11F2N3S/c16-8-1-2-11(17)9(5-8)15-6-10(15)13-12(3-4-18)19-14(21)20(13)7-15/h1-2,5,10H,3,6-7H2,(H,19,21)/t10-,15+/m0/s1. The number of nitrogens with one attached hydrogen (secondary N) is 1. The number of aromatic amines is 1. The predicted molar refractivity (Wildman–Crippen MR) is 74.3 cm³/mol. The Morgan fingerprint density at radius 1 is 1.48 bits per heavy atom. The van der Waals surface area contributed by atoms with Crippen LogP contribution in [0.5, 0.6) is 0 Å². The molecule has 1 aliphatic heterocycles. The number of halogens is 2. The number of fused-ring (bicyclic) bond motifs is 3. The van der Waals surface area contributed by atoms with Crippen molar-refractivity contribution in [3.63, 3.8) is 0 Å². The fourth-order valence-corrected chi connectivity index (χ4v) is 3.97. The van der Waals surface area contributed by atoms with E-state index in [1.807, 2.05) is 4.57 Å². The van der Waals surface area contributed by atoms with Gasteiger partial charge in [0.05, 0.1) is 18.2 Å². The molecule has 0 bridgehead atoms. The molecule has 4 rings (SSSR count). The van der Waals surface area contributed by atoms with E-state index < -0.39 is 11.2 Å². The van der Waals surface area contributed by atoms with E-state index in [0.717, 1.165) is 23.9 Å². The van der Waals surface area contributed by atoms with Gasteiger partial charge in [-0.05, 0) is 42.4 Å². The molecule has 2 heterocycles. The number of aromatic nitrogens is 2. The number of imidazole rings is 1. The van der Waals surface area contributed by atoms with Gasteiger partial charge in [-0.2, -0.15) is 5.26 Å². The number of benzene rings is 1. The van der Waals surface area contributed by atoms with E-state index in [1.54, 1.807) is 0 Å². The molecule has 106 valence electrons. The molecule has 0 radical (unpaired) electrons. The Labute approximate surface area is 124 Å². The van der Waals surface area contributed by atoms with Crippen molar-refractivity contribution in [1.82, 2.24) is 9.55 Å². The predicted octanol–water partition coefficient (Wildman–Crippen LogP) is 3.33. The summed E-state index contributed by atoms with van der Waals surface area (Å²) < 4.78 is 30.1. The third kappa shape index (κ3) is 1.58. The summed E-state index contributed by atoms with van der Waals surface area (Å²) in [5.41, 5.74) is 1.83. The van der Waals surface area contributed by atoms with Crippen molar-refractivity contribution in [2.45, 2.75) is 30.7 Å². The van der Waals surface area contributed by atoms with Gasteiger partial charge in [0.25, 0.3) is 0 Å². The summed E-state index contributed by atoms with van der Waals surface area (Å²) in [5, 5.41) is 8.90. The number of H-pyrrole nitrogens is 1. The fraction of sp³-hybridized carbons (Fsp3) is 0.333. The largest absolute Gasteiger partial charge is 0.333 e. The van der Waals surface area contributed by atoms with Crippen molar-refractivity contribution in [1.29, 1.82) is 5.26 Å². The molecule has 1 aromatic carbocycles. The summed E-state index contributed by atoms with van der Waals surface area (Å²) in [4.78, 5) is 3.06. The summed E-state index contributed by atoms with van der Waals surface area (Å²) in [5.74, 6) is -0.683. The highest BCUT2D eigenvalue weighted by Crippen LogP contribution is 2.66. The minimum Gasteiger partial charge on any atom is -0.333 e. The number of hydrogen-bond donors (Lipinski definition) is 1. The molecule has 1 aromatic heterocycles. The molecule has 1 fully saturated rings. The Hall–Kier alpha value is -2.00. The van der Waals surface area contributed by atoms with Crippen LogP contribution in [0.25, 0.3) is 0 Å². The van der Waals surface area contributed by atoms with Gasteiger partial charge in [-0.3, -0.25) is 0 Å². The first-order valence-corrected chi connectivity index (χ1v) is 7.12. The third-order valence-electron chi connectivity index (χ3n) is 4.67. The van der Waals surface area contributed by atoms with Crippen LogP contribution in [0.2, 0.25) is 0 Å². The lowest BCUT2D eigenvalue weighted by Gasteiger charge is -2.14. The molecule has 0 spiro atoms. The molecule has 1 saturated carbocycles. The van der Waals surface area contributed by atoms with Crippen molar-refractivity contribution >= 4 is 12.2 Å². The highest BCUT2D eigenvalue weighted by atomic mass is 32.1. The molecular formula is C15H11F2N3S. The molecule has 0 saturated heterocycles. The Morgan fingerprint density at radius 3 is 3.05 bits per heavy atom. The zero-order valence-corrected chi connectivity index (χ0v) is 11.8. The quantitative estimate of drug-likeness (QED) is 0.865. The average molecular weight is 303 g/mol. The lowest BCUT2D eigenvalue weighted by atomic mass is 9.93. The Bertz CT molecular complexity index is 861. The van der Waals surface area contributed by atoms with Gasteiger partial charge in [0.15, 0.2) is 4.77 Å². The smallest absolute Gasteiger partial charge is 0.177 e. The van der Waals surface area contributed by atoms with E-state index in [0.29, 0.717) is 16.9 Å². The van der Waals surface area contributed by atoms with Gasteiger partial charge in [-0.1, -0.05) is 0 Å². The lowest BCUT2D eigenvalue weighted by Crippen LogP contribution is -2.14. The van der Waals surface area contributed by atoms with Gasteiger partial charge in [0, 0.05) is 23.6 Å². The van der Waals surface area contributed by atoms with Crippen LogP contribution in [0.15, 0.2) is 18.2 Å².